The fraction of sp³-hybridized carbons (Fsp3) is 0.923. The zero-order valence-electron chi connectivity index (χ0n) is 11.0. The van der Waals surface area contributed by atoms with Gasteiger partial charge in [0.05, 0.1) is 6.61 Å². The van der Waals surface area contributed by atoms with E-state index in [0.29, 0.717) is 6.61 Å². The van der Waals surface area contributed by atoms with Crippen LogP contribution in [0.15, 0.2) is 0 Å². The van der Waals surface area contributed by atoms with E-state index in [1.54, 1.807) is 0 Å². The van der Waals surface area contributed by atoms with Crippen molar-refractivity contribution >= 4 is 6.16 Å². The third-order valence-electron chi connectivity index (χ3n) is 2.65. The Hall–Kier alpha value is -0.770. The first kappa shape index (κ1) is 16.2. The third kappa shape index (κ3) is 13.2. The van der Waals surface area contributed by atoms with Crippen molar-refractivity contribution < 1.29 is 19.4 Å². The number of aliphatic hydroxyl groups is 1. The van der Waals surface area contributed by atoms with Crippen LogP contribution in [0, 0.1) is 0 Å². The molecule has 0 aromatic heterocycles. The molecule has 1 N–H and O–H groups in total. The van der Waals surface area contributed by atoms with Gasteiger partial charge < -0.3 is 14.6 Å². The van der Waals surface area contributed by atoms with Gasteiger partial charge in [-0.2, -0.15) is 0 Å². The Kier molecular flexibility index (Phi) is 12.7. The lowest BCUT2D eigenvalue weighted by Crippen LogP contribution is -2.08. The smallest absolute Gasteiger partial charge is 0.434 e. The molecule has 0 aliphatic rings. The second-order valence-corrected chi connectivity index (χ2v) is 4.20. The highest BCUT2D eigenvalue weighted by atomic mass is 16.8. The molecular formula is C13H26O4. The first-order valence-electron chi connectivity index (χ1n) is 6.71. The molecule has 4 heteroatoms. The predicted octanol–water partition coefficient (Wildman–Crippen LogP) is 3.62. The van der Waals surface area contributed by atoms with Crippen molar-refractivity contribution in [3.8, 4) is 0 Å². The minimum Gasteiger partial charge on any atom is -0.434 e. The lowest BCUT2D eigenvalue weighted by molar-refractivity contribution is -0.00609. The van der Waals surface area contributed by atoms with Crippen LogP contribution in [0.2, 0.25) is 0 Å². The van der Waals surface area contributed by atoms with Crippen molar-refractivity contribution in [3.63, 3.8) is 0 Å². The van der Waals surface area contributed by atoms with Gasteiger partial charge in [0.1, 0.15) is 0 Å². The minimum atomic E-state index is -0.785. The van der Waals surface area contributed by atoms with Gasteiger partial charge in [-0.3, -0.25) is 0 Å². The molecule has 0 unspecified atom stereocenters. The maximum absolute atomic E-state index is 10.7. The summed E-state index contributed by atoms with van der Waals surface area (Å²) < 4.78 is 8.94. The number of unbranched alkanes of at least 4 members (excludes halogenated alkanes) is 8. The molecule has 0 amide bonds. The number of rotatable bonds is 11. The fourth-order valence-electron chi connectivity index (χ4n) is 1.66. The van der Waals surface area contributed by atoms with E-state index in [2.05, 4.69) is 11.7 Å². The molecule has 0 rings (SSSR count). The monoisotopic (exact) mass is 246 g/mol. The molecule has 17 heavy (non-hydrogen) atoms. The average Bonchev–Trinajstić information content (AvgIpc) is 2.32. The molecule has 0 aliphatic carbocycles. The molecule has 4 nitrogen and oxygen atoms in total. The first-order chi connectivity index (χ1) is 8.31. The summed E-state index contributed by atoms with van der Waals surface area (Å²) in [6.07, 6.45) is 10.3. The van der Waals surface area contributed by atoms with Gasteiger partial charge >= 0.3 is 6.16 Å². The van der Waals surface area contributed by atoms with E-state index in [1.807, 2.05) is 0 Å². The highest BCUT2D eigenvalue weighted by molar-refractivity contribution is 5.59. The summed E-state index contributed by atoms with van der Waals surface area (Å²) in [6, 6.07) is 0. The van der Waals surface area contributed by atoms with Crippen molar-refractivity contribution in [1.29, 1.82) is 0 Å². The highest BCUT2D eigenvalue weighted by Crippen LogP contribution is 2.09. The summed E-state index contributed by atoms with van der Waals surface area (Å²) in [5.41, 5.74) is 0. The van der Waals surface area contributed by atoms with Gasteiger partial charge in [0.2, 0.25) is 0 Å². The van der Waals surface area contributed by atoms with E-state index in [1.165, 1.54) is 44.9 Å². The quantitative estimate of drug-likeness (QED) is 0.343. The predicted molar refractivity (Wildman–Crippen MR) is 66.7 cm³/mol. The number of hydrogen-bond donors (Lipinski definition) is 1. The van der Waals surface area contributed by atoms with Crippen molar-refractivity contribution in [1.82, 2.24) is 0 Å². The fourth-order valence-corrected chi connectivity index (χ4v) is 1.66. The van der Waals surface area contributed by atoms with Crippen LogP contribution in [0.4, 0.5) is 4.79 Å². The van der Waals surface area contributed by atoms with Gasteiger partial charge in [-0.15, -0.1) is 0 Å². The molecule has 0 saturated heterocycles. The molecule has 0 spiro atoms. The third-order valence-corrected chi connectivity index (χ3v) is 2.65. The molecule has 0 aliphatic heterocycles. The normalized spacial score (nSPS) is 10.2. The van der Waals surface area contributed by atoms with Crippen molar-refractivity contribution in [2.45, 2.75) is 64.7 Å². The van der Waals surface area contributed by atoms with Crippen LogP contribution in [0.5, 0.6) is 0 Å². The molecule has 102 valence electrons. The van der Waals surface area contributed by atoms with Crippen LogP contribution in [-0.4, -0.2) is 24.7 Å². The molecular weight excluding hydrogens is 220 g/mol. The van der Waals surface area contributed by atoms with Crippen molar-refractivity contribution in [2.24, 2.45) is 0 Å². The first-order valence-corrected chi connectivity index (χ1v) is 6.71. The number of ether oxygens (including phenoxy) is 2. The van der Waals surface area contributed by atoms with E-state index in [0.717, 1.165) is 12.8 Å². The Balaban J connectivity index is 3.01. The Bertz CT molecular complexity index is 171. The van der Waals surface area contributed by atoms with Gasteiger partial charge in [-0.25, -0.2) is 4.79 Å². The maximum atomic E-state index is 10.7. The number of hydrogen-bond acceptors (Lipinski definition) is 4. The largest absolute Gasteiger partial charge is 0.510 e. The summed E-state index contributed by atoms with van der Waals surface area (Å²) in [4.78, 5) is 10.7. The lowest BCUT2D eigenvalue weighted by Gasteiger charge is -2.04. The Labute approximate surface area is 104 Å². The minimum absolute atomic E-state index is 0.384. The summed E-state index contributed by atoms with van der Waals surface area (Å²) in [5, 5.41) is 8.27. The van der Waals surface area contributed by atoms with Crippen molar-refractivity contribution in [2.75, 3.05) is 13.4 Å². The standard InChI is InChI=1S/C13H26O4/c1-2-3-4-5-6-7-8-9-10-11-16-13(15)17-12-14/h14H,2-12H2,1H3. The molecule has 0 fully saturated rings. The summed E-state index contributed by atoms with van der Waals surface area (Å²) in [7, 11) is 0. The van der Waals surface area contributed by atoms with Crippen LogP contribution >= 0.6 is 0 Å². The van der Waals surface area contributed by atoms with Crippen LogP contribution in [0.25, 0.3) is 0 Å². The number of aliphatic hydroxyl groups excluding tert-OH is 1. The molecule has 0 saturated carbocycles. The average molecular weight is 246 g/mol. The van der Waals surface area contributed by atoms with Crippen LogP contribution in [0.1, 0.15) is 64.7 Å². The summed E-state index contributed by atoms with van der Waals surface area (Å²) >= 11 is 0. The van der Waals surface area contributed by atoms with Gasteiger partial charge in [0.25, 0.3) is 0 Å². The van der Waals surface area contributed by atoms with E-state index >= 15 is 0 Å². The molecule has 0 bridgehead atoms. The maximum Gasteiger partial charge on any atom is 0.510 e. The lowest BCUT2D eigenvalue weighted by atomic mass is 10.1. The SMILES string of the molecule is CCCCCCCCCCCOC(=O)OCO. The Morgan fingerprint density at radius 2 is 1.41 bits per heavy atom. The topological polar surface area (TPSA) is 55.8 Å². The zero-order chi connectivity index (χ0) is 12.8. The highest BCUT2D eigenvalue weighted by Gasteiger charge is 2.01. The van der Waals surface area contributed by atoms with Gasteiger partial charge in [-0.1, -0.05) is 58.3 Å². The van der Waals surface area contributed by atoms with Crippen LogP contribution in [0.3, 0.4) is 0 Å². The molecule has 0 atom stereocenters. The van der Waals surface area contributed by atoms with E-state index in [-0.39, 0.29) is 0 Å². The van der Waals surface area contributed by atoms with E-state index in [9.17, 15) is 4.79 Å². The molecule has 0 aromatic carbocycles. The Morgan fingerprint density at radius 1 is 0.882 bits per heavy atom. The van der Waals surface area contributed by atoms with Crippen LogP contribution in [-0.2, 0) is 9.47 Å². The van der Waals surface area contributed by atoms with Gasteiger partial charge in [0, 0.05) is 0 Å². The number of carbonyl (C=O) groups is 1. The molecule has 0 heterocycles. The summed E-state index contributed by atoms with van der Waals surface area (Å²) in [6.45, 7) is 1.99. The second kappa shape index (κ2) is 13.3. The van der Waals surface area contributed by atoms with Gasteiger partial charge in [0.15, 0.2) is 6.79 Å². The second-order valence-electron chi connectivity index (χ2n) is 4.20. The van der Waals surface area contributed by atoms with E-state index in [4.69, 9.17) is 9.84 Å². The van der Waals surface area contributed by atoms with E-state index < -0.39 is 12.9 Å². The molecule has 0 aromatic rings. The van der Waals surface area contributed by atoms with Gasteiger partial charge in [-0.05, 0) is 6.42 Å². The Morgan fingerprint density at radius 3 is 1.94 bits per heavy atom. The van der Waals surface area contributed by atoms with Crippen molar-refractivity contribution in [3.05, 3.63) is 0 Å². The zero-order valence-corrected chi connectivity index (χ0v) is 11.0. The summed E-state index contributed by atoms with van der Waals surface area (Å²) in [5.74, 6) is 0. The molecule has 0 radical (unpaired) electrons. The number of carbonyl (C=O) groups excluding carboxylic acids is 1. The van der Waals surface area contributed by atoms with Crippen LogP contribution < -0.4 is 0 Å².